The summed E-state index contributed by atoms with van der Waals surface area (Å²) in [6, 6.07) is 8.98. The molecule has 34 heavy (non-hydrogen) atoms. The van der Waals surface area contributed by atoms with Gasteiger partial charge in [-0.1, -0.05) is 37.3 Å². The van der Waals surface area contributed by atoms with E-state index in [9.17, 15) is 4.79 Å². The summed E-state index contributed by atoms with van der Waals surface area (Å²) in [5, 5.41) is 0. The van der Waals surface area contributed by atoms with Crippen LogP contribution in [-0.4, -0.2) is 85.2 Å². The maximum absolute atomic E-state index is 13.4. The first-order valence-electron chi connectivity index (χ1n) is 12.6. The number of urea groups is 1. The average Bonchev–Trinajstić information content (AvgIpc) is 3.39. The zero-order chi connectivity index (χ0) is 23.5. The molecule has 7 heteroatoms. The van der Waals surface area contributed by atoms with Crippen LogP contribution in [-0.2, 0) is 11.2 Å². The highest BCUT2D eigenvalue weighted by atomic mass is 16.5. The molecule has 0 N–H and O–H groups in total. The quantitative estimate of drug-likeness (QED) is 0.685. The normalized spacial score (nSPS) is 24.2. The number of aryl methyl sites for hydroxylation is 1. The molecule has 7 nitrogen and oxygen atoms in total. The molecule has 4 heterocycles. The van der Waals surface area contributed by atoms with Gasteiger partial charge in [0.25, 0.3) is 0 Å². The second kappa shape index (κ2) is 10.3. The molecule has 2 unspecified atom stereocenters. The number of ether oxygens (including phenoxy) is 1. The molecular formula is C27H36N4O3. The number of rotatable bonds is 4. The van der Waals surface area contributed by atoms with Gasteiger partial charge in [-0.15, -0.1) is 0 Å². The molecule has 3 aliphatic heterocycles. The van der Waals surface area contributed by atoms with Crippen molar-refractivity contribution in [3.05, 3.63) is 59.3 Å². The second-order valence-corrected chi connectivity index (χ2v) is 9.84. The number of likely N-dealkylation sites (tertiary alicyclic amines) is 1. The largest absolute Gasteiger partial charge is 0.448 e. The van der Waals surface area contributed by atoms with Crippen LogP contribution in [0, 0.1) is 0 Å². The zero-order valence-corrected chi connectivity index (χ0v) is 20.4. The molecular weight excluding hydrogens is 428 g/mol. The number of aromatic nitrogens is 1. The lowest BCUT2D eigenvalue weighted by Crippen LogP contribution is -2.52. The van der Waals surface area contributed by atoms with Crippen molar-refractivity contribution < 1.29 is 13.9 Å². The molecule has 3 aliphatic rings. The average molecular weight is 465 g/mol. The Hall–Kier alpha value is -2.64. The summed E-state index contributed by atoms with van der Waals surface area (Å²) >= 11 is 0. The molecule has 5 rings (SSSR count). The van der Waals surface area contributed by atoms with Crippen LogP contribution >= 0.6 is 0 Å². The van der Waals surface area contributed by atoms with Gasteiger partial charge in [0.15, 0.2) is 5.89 Å². The lowest BCUT2D eigenvalue weighted by molar-refractivity contribution is 0.0393. The second-order valence-electron chi connectivity index (χ2n) is 9.84. The molecule has 2 fully saturated rings. The van der Waals surface area contributed by atoms with E-state index in [1.807, 2.05) is 9.80 Å². The van der Waals surface area contributed by atoms with E-state index in [-0.39, 0.29) is 17.9 Å². The van der Waals surface area contributed by atoms with Gasteiger partial charge in [-0.3, -0.25) is 0 Å². The number of nitrogens with zero attached hydrogens (tertiary/aromatic N) is 4. The highest BCUT2D eigenvalue weighted by Crippen LogP contribution is 2.37. The number of morpholine rings is 1. The predicted octanol–water partition coefficient (Wildman–Crippen LogP) is 3.98. The van der Waals surface area contributed by atoms with E-state index in [0.29, 0.717) is 32.8 Å². The number of likely N-dealkylation sites (N-methyl/N-ethyl adjacent to an activating group) is 1. The van der Waals surface area contributed by atoms with Crippen molar-refractivity contribution in [2.45, 2.75) is 38.0 Å². The van der Waals surface area contributed by atoms with Crippen molar-refractivity contribution in [3.63, 3.8) is 0 Å². The highest BCUT2D eigenvalue weighted by molar-refractivity contribution is 5.75. The molecule has 0 aliphatic carbocycles. The van der Waals surface area contributed by atoms with Crippen LogP contribution in [0.4, 0.5) is 4.79 Å². The number of hydrogen-bond donors (Lipinski definition) is 0. The van der Waals surface area contributed by atoms with E-state index in [4.69, 9.17) is 14.1 Å². The van der Waals surface area contributed by atoms with Gasteiger partial charge in [0, 0.05) is 45.2 Å². The van der Waals surface area contributed by atoms with Gasteiger partial charge >= 0.3 is 6.03 Å². The maximum atomic E-state index is 13.4. The summed E-state index contributed by atoms with van der Waals surface area (Å²) in [7, 11) is 2.14. The van der Waals surface area contributed by atoms with E-state index in [2.05, 4.69) is 49.2 Å². The lowest BCUT2D eigenvalue weighted by atomic mass is 9.84. The summed E-state index contributed by atoms with van der Waals surface area (Å²) in [5.74, 6) is 1.08. The Morgan fingerprint density at radius 3 is 2.56 bits per heavy atom. The molecule has 1 aromatic heterocycles. The van der Waals surface area contributed by atoms with E-state index < -0.39 is 0 Å². The van der Waals surface area contributed by atoms with Crippen LogP contribution < -0.4 is 0 Å². The van der Waals surface area contributed by atoms with Crippen molar-refractivity contribution in [2.75, 3.05) is 59.5 Å². The minimum absolute atomic E-state index is 0.0743. The van der Waals surface area contributed by atoms with E-state index >= 15 is 0 Å². The molecule has 2 atom stereocenters. The van der Waals surface area contributed by atoms with Crippen LogP contribution in [0.3, 0.4) is 0 Å². The fourth-order valence-corrected chi connectivity index (χ4v) is 5.36. The molecule has 1 aromatic carbocycles. The van der Waals surface area contributed by atoms with Gasteiger partial charge in [-0.25, -0.2) is 9.78 Å². The highest BCUT2D eigenvalue weighted by Gasteiger charge is 2.36. The number of hydrogen-bond acceptors (Lipinski definition) is 5. The standard InChI is InChI=1S/C27H36N4O3/c1-3-20-6-8-21(9-7-20)23-15-24(18-31(17-23)27(32)30-11-13-33-14-12-30)26-28-25(19-34-26)22-5-4-10-29(2)16-22/h5-9,19,23-24H,3-4,10-18H2,1-2H3. The number of carbonyl (C=O) groups excluding carboxylic acids is 1. The topological polar surface area (TPSA) is 62.1 Å². The molecule has 2 amide bonds. The Morgan fingerprint density at radius 1 is 1.06 bits per heavy atom. The zero-order valence-electron chi connectivity index (χ0n) is 20.4. The molecule has 0 bridgehead atoms. The van der Waals surface area contributed by atoms with Gasteiger partial charge in [-0.05, 0) is 43.0 Å². The molecule has 2 saturated heterocycles. The first-order chi connectivity index (χ1) is 16.6. The van der Waals surface area contributed by atoms with Gasteiger partial charge in [0.2, 0.25) is 0 Å². The van der Waals surface area contributed by atoms with E-state index in [1.165, 1.54) is 16.7 Å². The first kappa shape index (κ1) is 23.1. The Kier molecular flexibility index (Phi) is 7.02. The summed E-state index contributed by atoms with van der Waals surface area (Å²) < 4.78 is 11.5. The third-order valence-corrected chi connectivity index (χ3v) is 7.40. The summed E-state index contributed by atoms with van der Waals surface area (Å²) in [6.07, 6.45) is 7.06. The van der Waals surface area contributed by atoms with Gasteiger partial charge in [0.05, 0.1) is 19.1 Å². The minimum atomic E-state index is 0.0743. The maximum Gasteiger partial charge on any atom is 0.320 e. The molecule has 182 valence electrons. The Morgan fingerprint density at radius 2 is 1.82 bits per heavy atom. The lowest BCUT2D eigenvalue weighted by Gasteiger charge is -2.40. The fraction of sp³-hybridized carbons (Fsp3) is 0.556. The summed E-state index contributed by atoms with van der Waals surface area (Å²) in [5.41, 5.74) is 4.78. The van der Waals surface area contributed by atoms with E-state index in [1.54, 1.807) is 6.26 Å². The van der Waals surface area contributed by atoms with Crippen molar-refractivity contribution in [1.82, 2.24) is 19.7 Å². The minimum Gasteiger partial charge on any atom is -0.448 e. The first-order valence-corrected chi connectivity index (χ1v) is 12.6. The van der Waals surface area contributed by atoms with Crippen LogP contribution in [0.1, 0.15) is 54.3 Å². The Balaban J connectivity index is 1.39. The van der Waals surface area contributed by atoms with Crippen molar-refractivity contribution >= 4 is 11.6 Å². The summed E-state index contributed by atoms with van der Waals surface area (Å²) in [6.45, 7) is 8.03. The van der Waals surface area contributed by atoms with E-state index in [0.717, 1.165) is 50.5 Å². The molecule has 0 radical (unpaired) electrons. The van der Waals surface area contributed by atoms with Gasteiger partial charge in [0.1, 0.15) is 12.0 Å². The number of piperidine rings is 1. The number of amides is 2. The Bertz CT molecular complexity index is 1010. The predicted molar refractivity (Wildman–Crippen MR) is 132 cm³/mol. The van der Waals surface area contributed by atoms with Gasteiger partial charge in [-0.2, -0.15) is 0 Å². The van der Waals surface area contributed by atoms with Crippen molar-refractivity contribution in [2.24, 2.45) is 0 Å². The smallest absolute Gasteiger partial charge is 0.320 e. The van der Waals surface area contributed by atoms with Crippen LogP contribution in [0.2, 0.25) is 0 Å². The molecule has 0 spiro atoms. The van der Waals surface area contributed by atoms with Crippen molar-refractivity contribution in [1.29, 1.82) is 0 Å². The van der Waals surface area contributed by atoms with Crippen molar-refractivity contribution in [3.8, 4) is 0 Å². The van der Waals surface area contributed by atoms with Gasteiger partial charge < -0.3 is 23.9 Å². The van der Waals surface area contributed by atoms with Crippen LogP contribution in [0.5, 0.6) is 0 Å². The van der Waals surface area contributed by atoms with Crippen LogP contribution in [0.15, 0.2) is 41.0 Å². The third kappa shape index (κ3) is 5.05. The SMILES string of the molecule is CCc1ccc(C2CC(c3nc(C4=CCCN(C)C4)co3)CN(C(=O)N3CCOCC3)C2)cc1. The molecule has 2 aromatic rings. The Labute approximate surface area is 202 Å². The van der Waals surface area contributed by atoms with Crippen LogP contribution in [0.25, 0.3) is 5.57 Å². The third-order valence-electron chi connectivity index (χ3n) is 7.40. The molecule has 0 saturated carbocycles. The monoisotopic (exact) mass is 464 g/mol. The number of benzene rings is 1. The number of oxazole rings is 1. The fourth-order valence-electron chi connectivity index (χ4n) is 5.36. The summed E-state index contributed by atoms with van der Waals surface area (Å²) in [4.78, 5) is 24.6. The number of carbonyl (C=O) groups is 1.